The van der Waals surface area contributed by atoms with E-state index in [0.717, 1.165) is 6.54 Å². The molecular weight excluding hydrogens is 126 g/mol. The zero-order chi connectivity index (χ0) is 7.72. The Morgan fingerprint density at radius 3 is 2.60 bits per heavy atom. The summed E-state index contributed by atoms with van der Waals surface area (Å²) < 4.78 is 2.09. The van der Waals surface area contributed by atoms with Crippen LogP contribution in [0, 0.1) is 11.3 Å². The topological polar surface area (TPSA) is 30.0 Å². The summed E-state index contributed by atoms with van der Waals surface area (Å²) in [7, 11) is 3.95. The lowest BCUT2D eigenvalue weighted by Crippen LogP contribution is -2.29. The Balaban J connectivity index is 2.79. The van der Waals surface area contributed by atoms with Crippen molar-refractivity contribution in [2.24, 2.45) is 0 Å². The summed E-state index contributed by atoms with van der Waals surface area (Å²) in [5, 5.41) is 8.64. The molecule has 1 aliphatic rings. The number of nitriles is 1. The maximum absolute atomic E-state index is 8.64. The van der Waals surface area contributed by atoms with Gasteiger partial charge in [-0.05, 0) is 0 Å². The Hall–Kier alpha value is -1.04. The minimum absolute atomic E-state index is 0.0463. The van der Waals surface area contributed by atoms with Crippen LogP contribution in [0.3, 0.4) is 0 Å². The first-order chi connectivity index (χ1) is 4.66. The fourth-order valence-corrected chi connectivity index (χ4v) is 1.14. The van der Waals surface area contributed by atoms with Crippen molar-refractivity contribution in [2.45, 2.75) is 13.0 Å². The van der Waals surface area contributed by atoms with E-state index in [1.54, 1.807) is 0 Å². The first-order valence-corrected chi connectivity index (χ1v) is 3.34. The molecule has 0 amide bonds. The molecule has 54 valence electrons. The molecule has 1 atom stereocenters. The first kappa shape index (κ1) is 7.07. The summed E-state index contributed by atoms with van der Waals surface area (Å²) in [5.74, 6) is 1.17. The molecule has 0 bridgehead atoms. The van der Waals surface area contributed by atoms with Gasteiger partial charge in [0.2, 0.25) is 11.9 Å². The number of nitrogens with zero attached hydrogens (tertiary/aromatic N) is 3. The molecule has 0 aromatic carbocycles. The number of amidine groups is 1. The van der Waals surface area contributed by atoms with E-state index < -0.39 is 0 Å². The Labute approximate surface area is 61.2 Å². The van der Waals surface area contributed by atoms with E-state index in [-0.39, 0.29) is 6.04 Å². The average Bonchev–Trinajstić information content (AvgIpc) is 2.17. The van der Waals surface area contributed by atoms with Crippen molar-refractivity contribution in [1.82, 2.24) is 4.90 Å². The zero-order valence-electron chi connectivity index (χ0n) is 6.63. The SMILES string of the molecule is CC1=[N+](C)CC(C#N)N1C. The van der Waals surface area contributed by atoms with Gasteiger partial charge in [-0.15, -0.1) is 0 Å². The van der Waals surface area contributed by atoms with Crippen molar-refractivity contribution >= 4 is 5.84 Å². The van der Waals surface area contributed by atoms with Gasteiger partial charge in [0.25, 0.3) is 0 Å². The smallest absolute Gasteiger partial charge is 0.244 e. The van der Waals surface area contributed by atoms with E-state index >= 15 is 0 Å². The summed E-state index contributed by atoms with van der Waals surface area (Å²) >= 11 is 0. The molecule has 0 saturated heterocycles. The summed E-state index contributed by atoms with van der Waals surface area (Å²) in [6, 6.07) is 2.28. The summed E-state index contributed by atoms with van der Waals surface area (Å²) in [4.78, 5) is 2.00. The predicted octanol–water partition coefficient (Wildman–Crippen LogP) is -0.115. The van der Waals surface area contributed by atoms with Gasteiger partial charge in [-0.2, -0.15) is 5.26 Å². The van der Waals surface area contributed by atoms with Crippen LogP contribution in [-0.2, 0) is 0 Å². The molecule has 3 heteroatoms. The van der Waals surface area contributed by atoms with Crippen LogP contribution in [0.15, 0.2) is 0 Å². The third-order valence-corrected chi connectivity index (χ3v) is 2.13. The summed E-state index contributed by atoms with van der Waals surface area (Å²) in [5.41, 5.74) is 0. The third kappa shape index (κ3) is 0.860. The monoisotopic (exact) mass is 138 g/mol. The Morgan fingerprint density at radius 1 is 1.80 bits per heavy atom. The maximum Gasteiger partial charge on any atom is 0.244 e. The predicted molar refractivity (Wildman–Crippen MR) is 38.9 cm³/mol. The van der Waals surface area contributed by atoms with Crippen LogP contribution >= 0.6 is 0 Å². The molecule has 0 fully saturated rings. The van der Waals surface area contributed by atoms with Crippen molar-refractivity contribution in [1.29, 1.82) is 5.26 Å². The highest BCUT2D eigenvalue weighted by Crippen LogP contribution is 2.04. The highest BCUT2D eigenvalue weighted by molar-refractivity contribution is 5.76. The Morgan fingerprint density at radius 2 is 2.40 bits per heavy atom. The molecule has 1 rings (SSSR count). The van der Waals surface area contributed by atoms with Gasteiger partial charge >= 0.3 is 0 Å². The molecule has 1 unspecified atom stereocenters. The van der Waals surface area contributed by atoms with Gasteiger partial charge in [0.15, 0.2) is 0 Å². The van der Waals surface area contributed by atoms with Gasteiger partial charge in [0, 0.05) is 6.92 Å². The van der Waals surface area contributed by atoms with Gasteiger partial charge < -0.3 is 0 Å². The number of hydrogen-bond donors (Lipinski definition) is 0. The minimum Gasteiger partial charge on any atom is -0.263 e. The molecule has 3 nitrogen and oxygen atoms in total. The second kappa shape index (κ2) is 2.30. The summed E-state index contributed by atoms with van der Waals surface area (Å²) in [6.45, 7) is 2.86. The van der Waals surface area contributed by atoms with E-state index in [1.165, 1.54) is 5.84 Å². The fourth-order valence-electron chi connectivity index (χ4n) is 1.14. The van der Waals surface area contributed by atoms with Crippen LogP contribution in [0.4, 0.5) is 0 Å². The van der Waals surface area contributed by atoms with Crippen molar-refractivity contribution in [3.05, 3.63) is 0 Å². The van der Waals surface area contributed by atoms with Crippen molar-refractivity contribution in [3.63, 3.8) is 0 Å². The lowest BCUT2D eigenvalue weighted by Gasteiger charge is -2.04. The Bertz CT molecular complexity index is 211. The highest BCUT2D eigenvalue weighted by Gasteiger charge is 2.31. The largest absolute Gasteiger partial charge is 0.263 e. The minimum atomic E-state index is 0.0463. The number of hydrogen-bond acceptors (Lipinski definition) is 2. The van der Waals surface area contributed by atoms with Crippen LogP contribution in [0.5, 0.6) is 0 Å². The molecule has 0 aromatic heterocycles. The third-order valence-electron chi connectivity index (χ3n) is 2.13. The Kier molecular flexibility index (Phi) is 1.62. The maximum atomic E-state index is 8.64. The molecule has 0 spiro atoms. The zero-order valence-corrected chi connectivity index (χ0v) is 6.63. The van der Waals surface area contributed by atoms with Gasteiger partial charge in [-0.1, -0.05) is 0 Å². The normalized spacial score (nSPS) is 25.4. The van der Waals surface area contributed by atoms with Crippen LogP contribution in [0.1, 0.15) is 6.92 Å². The second-order valence-corrected chi connectivity index (χ2v) is 2.68. The van der Waals surface area contributed by atoms with Crippen LogP contribution in [-0.4, -0.2) is 42.0 Å². The molecule has 0 N–H and O–H groups in total. The molecule has 0 saturated carbocycles. The molecule has 10 heavy (non-hydrogen) atoms. The van der Waals surface area contributed by atoms with E-state index in [4.69, 9.17) is 5.26 Å². The van der Waals surface area contributed by atoms with Crippen molar-refractivity contribution < 1.29 is 4.58 Å². The van der Waals surface area contributed by atoms with Crippen molar-refractivity contribution in [2.75, 3.05) is 20.6 Å². The molecule has 1 aliphatic heterocycles. The van der Waals surface area contributed by atoms with Gasteiger partial charge in [-0.3, -0.25) is 4.58 Å². The van der Waals surface area contributed by atoms with E-state index in [2.05, 4.69) is 10.6 Å². The lowest BCUT2D eigenvalue weighted by molar-refractivity contribution is -0.489. The van der Waals surface area contributed by atoms with E-state index in [1.807, 2.05) is 25.9 Å². The second-order valence-electron chi connectivity index (χ2n) is 2.68. The summed E-state index contributed by atoms with van der Waals surface area (Å²) in [6.07, 6.45) is 0. The molecule has 0 radical (unpaired) electrons. The van der Waals surface area contributed by atoms with E-state index in [9.17, 15) is 0 Å². The first-order valence-electron chi connectivity index (χ1n) is 3.34. The highest BCUT2D eigenvalue weighted by atomic mass is 15.3. The molecular formula is C7H12N3+. The molecule has 0 aliphatic carbocycles. The van der Waals surface area contributed by atoms with Crippen molar-refractivity contribution in [3.8, 4) is 6.07 Å². The van der Waals surface area contributed by atoms with Gasteiger partial charge in [0.1, 0.15) is 12.6 Å². The van der Waals surface area contributed by atoms with E-state index in [0.29, 0.717) is 0 Å². The standard InChI is InChI=1S/C7H12N3/c1-6-9(2)5-7(4-8)10(6)3/h7H,5H2,1-3H3/q+1. The number of rotatable bonds is 0. The number of likely N-dealkylation sites (N-methyl/N-ethyl adjacent to an activating group) is 2. The van der Waals surface area contributed by atoms with Crippen LogP contribution in [0.2, 0.25) is 0 Å². The molecule has 0 aromatic rings. The quantitative estimate of drug-likeness (QED) is 0.437. The average molecular weight is 138 g/mol. The van der Waals surface area contributed by atoms with Crippen LogP contribution in [0.25, 0.3) is 0 Å². The van der Waals surface area contributed by atoms with Gasteiger partial charge in [0.05, 0.1) is 14.1 Å². The van der Waals surface area contributed by atoms with Gasteiger partial charge in [-0.25, -0.2) is 4.90 Å². The fraction of sp³-hybridized carbons (Fsp3) is 0.714. The molecule has 1 heterocycles. The lowest BCUT2D eigenvalue weighted by atomic mass is 10.3. The van der Waals surface area contributed by atoms with Crippen LogP contribution < -0.4 is 0 Å².